The largest absolute Gasteiger partial charge is 0.433 e. The second-order valence-electron chi connectivity index (χ2n) is 4.45. The Morgan fingerprint density at radius 1 is 1.21 bits per heavy atom. The minimum absolute atomic E-state index is 0.126. The number of carbonyl (C=O) groups is 1. The molecule has 0 aromatic heterocycles. The molecule has 0 aliphatic carbocycles. The third-order valence-corrected chi connectivity index (χ3v) is 3.47. The summed E-state index contributed by atoms with van der Waals surface area (Å²) in [5.41, 5.74) is 0.912. The molecular weight excluding hydrogens is 386 g/mol. The van der Waals surface area contributed by atoms with Gasteiger partial charge in [0, 0.05) is 10.0 Å². The summed E-state index contributed by atoms with van der Waals surface area (Å²) in [4.78, 5) is 16.7. The summed E-state index contributed by atoms with van der Waals surface area (Å²) >= 11 is 3.35. The van der Waals surface area contributed by atoms with E-state index in [0.717, 1.165) is 10.0 Å². The molecule has 0 fully saturated rings. The van der Waals surface area contributed by atoms with Crippen LogP contribution in [0, 0.1) is 0 Å². The number of para-hydroxylation sites is 2. The highest BCUT2D eigenvalue weighted by molar-refractivity contribution is 9.10. The number of nitrogens with zero attached hydrogens (tertiary/aromatic N) is 1. The first-order valence-electron chi connectivity index (χ1n) is 6.80. The first kappa shape index (κ1) is 17.9. The molecule has 0 spiro atoms. The maximum atomic E-state index is 12.3. The maximum absolute atomic E-state index is 12.3. The number of halogens is 3. The Hall–Kier alpha value is -2.48. The Morgan fingerprint density at radius 3 is 2.67 bits per heavy atom. The van der Waals surface area contributed by atoms with Crippen LogP contribution in [0.2, 0.25) is 0 Å². The van der Waals surface area contributed by atoms with Crippen LogP contribution in [-0.4, -0.2) is 25.3 Å². The molecule has 0 saturated carbocycles. The highest BCUT2D eigenvalue weighted by atomic mass is 79.9. The lowest BCUT2D eigenvalue weighted by Gasteiger charge is -2.11. The van der Waals surface area contributed by atoms with Gasteiger partial charge >= 0.3 is 6.61 Å². The zero-order valence-electron chi connectivity index (χ0n) is 12.3. The third kappa shape index (κ3) is 5.62. The van der Waals surface area contributed by atoms with Crippen LogP contribution in [-0.2, 0) is 9.63 Å². The Labute approximate surface area is 145 Å². The lowest BCUT2D eigenvalue weighted by molar-refractivity contribution is -0.120. The van der Waals surface area contributed by atoms with E-state index in [1.807, 2.05) is 24.3 Å². The first-order valence-corrected chi connectivity index (χ1v) is 7.59. The fourth-order valence-corrected chi connectivity index (χ4v) is 2.11. The van der Waals surface area contributed by atoms with E-state index in [2.05, 4.69) is 31.1 Å². The van der Waals surface area contributed by atoms with E-state index in [-0.39, 0.29) is 18.0 Å². The lowest BCUT2D eigenvalue weighted by Crippen LogP contribution is -2.18. The first-order chi connectivity index (χ1) is 11.6. The van der Waals surface area contributed by atoms with Gasteiger partial charge in [0.1, 0.15) is 5.75 Å². The second kappa shape index (κ2) is 8.97. The molecule has 5 nitrogen and oxygen atoms in total. The van der Waals surface area contributed by atoms with Crippen molar-refractivity contribution in [3.8, 4) is 5.75 Å². The number of oxime groups is 1. The van der Waals surface area contributed by atoms with Crippen molar-refractivity contribution < 1.29 is 23.1 Å². The molecule has 0 aliphatic heterocycles. The number of hydrogen-bond donors (Lipinski definition) is 1. The van der Waals surface area contributed by atoms with E-state index in [4.69, 9.17) is 4.84 Å². The number of ether oxygens (including phenoxy) is 1. The van der Waals surface area contributed by atoms with Crippen molar-refractivity contribution in [3.05, 3.63) is 58.6 Å². The molecule has 2 rings (SSSR count). The topological polar surface area (TPSA) is 59.9 Å². The molecule has 0 heterocycles. The van der Waals surface area contributed by atoms with E-state index in [9.17, 15) is 13.6 Å². The Balaban J connectivity index is 1.87. The molecule has 0 unspecified atom stereocenters. The van der Waals surface area contributed by atoms with Crippen molar-refractivity contribution in [2.75, 3.05) is 11.9 Å². The van der Waals surface area contributed by atoms with Crippen LogP contribution in [0.15, 0.2) is 58.2 Å². The van der Waals surface area contributed by atoms with Gasteiger partial charge in [-0.25, -0.2) is 0 Å². The zero-order valence-corrected chi connectivity index (χ0v) is 13.9. The summed E-state index contributed by atoms with van der Waals surface area (Å²) in [6.07, 6.45) is 1.45. The summed E-state index contributed by atoms with van der Waals surface area (Å²) in [6.45, 7) is -3.35. The maximum Gasteiger partial charge on any atom is 0.387 e. The van der Waals surface area contributed by atoms with Gasteiger partial charge in [-0.05, 0) is 18.2 Å². The van der Waals surface area contributed by atoms with Gasteiger partial charge in [-0.15, -0.1) is 0 Å². The zero-order chi connectivity index (χ0) is 17.4. The quantitative estimate of drug-likeness (QED) is 0.565. The normalized spacial score (nSPS) is 10.8. The van der Waals surface area contributed by atoms with E-state index in [1.165, 1.54) is 24.4 Å². The minimum Gasteiger partial charge on any atom is -0.433 e. The van der Waals surface area contributed by atoms with Crippen molar-refractivity contribution in [2.24, 2.45) is 5.16 Å². The molecule has 0 radical (unpaired) electrons. The molecular formula is C16H13BrF2N2O3. The summed E-state index contributed by atoms with van der Waals surface area (Å²) in [6, 6.07) is 13.2. The predicted molar refractivity (Wildman–Crippen MR) is 89.4 cm³/mol. The van der Waals surface area contributed by atoms with Crippen LogP contribution >= 0.6 is 15.9 Å². The summed E-state index contributed by atoms with van der Waals surface area (Å²) in [7, 11) is 0. The van der Waals surface area contributed by atoms with Crippen LogP contribution < -0.4 is 10.1 Å². The van der Waals surface area contributed by atoms with Gasteiger partial charge in [-0.3, -0.25) is 4.79 Å². The number of amides is 1. The monoisotopic (exact) mass is 398 g/mol. The average Bonchev–Trinajstić information content (AvgIpc) is 2.54. The van der Waals surface area contributed by atoms with E-state index in [0.29, 0.717) is 0 Å². The van der Waals surface area contributed by atoms with Gasteiger partial charge in [-0.2, -0.15) is 8.78 Å². The van der Waals surface area contributed by atoms with Crippen LogP contribution in [0.5, 0.6) is 5.75 Å². The minimum atomic E-state index is -2.98. The third-order valence-electron chi connectivity index (χ3n) is 2.74. The van der Waals surface area contributed by atoms with Crippen LogP contribution in [0.25, 0.3) is 0 Å². The Morgan fingerprint density at radius 2 is 1.92 bits per heavy atom. The number of anilines is 1. The Bertz CT molecular complexity index is 726. The van der Waals surface area contributed by atoms with E-state index >= 15 is 0 Å². The number of carbonyl (C=O) groups excluding carboxylic acids is 1. The standard InChI is InChI=1S/C16H13BrF2N2O3/c17-12-6-2-1-5-11(12)9-20-23-10-15(22)21-13-7-3-4-8-14(13)24-16(18)19/h1-9,16H,10H2,(H,21,22)/b20-9-. The SMILES string of the molecule is O=C(CO/N=C\c1ccccc1Br)Nc1ccccc1OC(F)F. The summed E-state index contributed by atoms with van der Waals surface area (Å²) in [5, 5.41) is 6.11. The van der Waals surface area contributed by atoms with Crippen molar-refractivity contribution >= 4 is 33.7 Å². The van der Waals surface area contributed by atoms with Gasteiger partial charge in [0.05, 0.1) is 11.9 Å². The molecule has 2 aromatic rings. The molecule has 1 amide bonds. The summed E-state index contributed by atoms with van der Waals surface area (Å²) in [5.74, 6) is -0.679. The van der Waals surface area contributed by atoms with Gasteiger partial charge in [0.25, 0.3) is 5.91 Å². The number of benzene rings is 2. The fraction of sp³-hybridized carbons (Fsp3) is 0.125. The molecule has 0 aliphatic rings. The molecule has 1 N–H and O–H groups in total. The molecule has 126 valence electrons. The summed E-state index contributed by atoms with van der Waals surface area (Å²) < 4.78 is 29.7. The molecule has 0 bridgehead atoms. The van der Waals surface area contributed by atoms with Crippen molar-refractivity contribution in [2.45, 2.75) is 6.61 Å². The van der Waals surface area contributed by atoms with Gasteiger partial charge in [0.2, 0.25) is 0 Å². The van der Waals surface area contributed by atoms with Gasteiger partial charge < -0.3 is 14.9 Å². The van der Waals surface area contributed by atoms with Gasteiger partial charge in [-0.1, -0.05) is 51.4 Å². The van der Waals surface area contributed by atoms with Crippen molar-refractivity contribution in [1.82, 2.24) is 0 Å². The molecule has 8 heteroatoms. The lowest BCUT2D eigenvalue weighted by atomic mass is 10.2. The second-order valence-corrected chi connectivity index (χ2v) is 5.31. The molecule has 0 atom stereocenters. The number of rotatable bonds is 7. The smallest absolute Gasteiger partial charge is 0.387 e. The Kier molecular flexibility index (Phi) is 6.68. The molecule has 2 aromatic carbocycles. The average molecular weight is 399 g/mol. The fourth-order valence-electron chi connectivity index (χ4n) is 1.72. The number of alkyl halides is 2. The van der Waals surface area contributed by atoms with Crippen molar-refractivity contribution in [3.63, 3.8) is 0 Å². The highest BCUT2D eigenvalue weighted by Gasteiger charge is 2.11. The molecule has 24 heavy (non-hydrogen) atoms. The van der Waals surface area contributed by atoms with E-state index in [1.54, 1.807) is 6.07 Å². The molecule has 0 saturated heterocycles. The predicted octanol–water partition coefficient (Wildman–Crippen LogP) is 4.04. The van der Waals surface area contributed by atoms with Crippen LogP contribution in [0.4, 0.5) is 14.5 Å². The number of hydrogen-bond acceptors (Lipinski definition) is 4. The van der Waals surface area contributed by atoms with Gasteiger partial charge in [0.15, 0.2) is 6.61 Å². The number of nitrogens with one attached hydrogen (secondary N) is 1. The highest BCUT2D eigenvalue weighted by Crippen LogP contribution is 2.25. The van der Waals surface area contributed by atoms with E-state index < -0.39 is 12.5 Å². The van der Waals surface area contributed by atoms with Crippen LogP contribution in [0.3, 0.4) is 0 Å². The van der Waals surface area contributed by atoms with Crippen LogP contribution in [0.1, 0.15) is 5.56 Å². The van der Waals surface area contributed by atoms with Crippen molar-refractivity contribution in [1.29, 1.82) is 0 Å².